The number of hydrogen-bond acceptors (Lipinski definition) is 4. The molecule has 1 heterocycles. The summed E-state index contributed by atoms with van der Waals surface area (Å²) in [4.78, 5) is 12.3. The molecule has 1 atom stereocenters. The van der Waals surface area contributed by atoms with E-state index in [2.05, 4.69) is 15.4 Å². The molecule has 1 unspecified atom stereocenters. The van der Waals surface area contributed by atoms with Crippen LogP contribution in [-0.2, 0) is 4.74 Å². The van der Waals surface area contributed by atoms with Crippen molar-refractivity contribution >= 4 is 28.6 Å². The van der Waals surface area contributed by atoms with Gasteiger partial charge < -0.3 is 4.74 Å². The van der Waals surface area contributed by atoms with Crippen molar-refractivity contribution in [1.29, 1.82) is 0 Å². The van der Waals surface area contributed by atoms with Crippen LogP contribution in [0, 0.1) is 5.82 Å². The predicted molar refractivity (Wildman–Crippen MR) is 79.1 cm³/mol. The number of esters is 1. The van der Waals surface area contributed by atoms with Gasteiger partial charge in [-0.1, -0.05) is 23.7 Å². The predicted octanol–water partition coefficient (Wildman–Crippen LogP) is 3.67. The average Bonchev–Trinajstić information content (AvgIpc) is 2.98. The van der Waals surface area contributed by atoms with Crippen LogP contribution in [0.25, 0.3) is 11.0 Å². The summed E-state index contributed by atoms with van der Waals surface area (Å²) >= 11 is 5.74. The molecule has 0 saturated carbocycles. The molecule has 0 spiro atoms. The molecule has 0 bridgehead atoms. The third kappa shape index (κ3) is 2.65. The Kier molecular flexibility index (Phi) is 3.77. The summed E-state index contributed by atoms with van der Waals surface area (Å²) in [5, 5.41) is 10.3. The molecular weight excluding hydrogens is 309 g/mol. The quantitative estimate of drug-likeness (QED) is 0.748. The zero-order valence-corrected chi connectivity index (χ0v) is 12.3. The highest BCUT2D eigenvalue weighted by atomic mass is 35.5. The first kappa shape index (κ1) is 14.5. The summed E-state index contributed by atoms with van der Waals surface area (Å²) < 4.78 is 18.6. The minimum atomic E-state index is -0.576. The maximum absolute atomic E-state index is 13.2. The van der Waals surface area contributed by atoms with Gasteiger partial charge in [-0.25, -0.2) is 9.18 Å². The van der Waals surface area contributed by atoms with Crippen molar-refractivity contribution in [2.75, 3.05) is 0 Å². The number of aromatic amines is 1. The molecule has 0 radical (unpaired) electrons. The van der Waals surface area contributed by atoms with E-state index in [4.69, 9.17) is 16.3 Å². The van der Waals surface area contributed by atoms with Crippen LogP contribution in [-0.4, -0.2) is 21.4 Å². The number of carbonyl (C=O) groups is 1. The van der Waals surface area contributed by atoms with Gasteiger partial charge in [-0.05, 0) is 36.8 Å². The second-order valence-corrected chi connectivity index (χ2v) is 5.13. The number of para-hydroxylation sites is 1. The Hall–Kier alpha value is -2.47. The molecule has 112 valence electrons. The van der Waals surface area contributed by atoms with Crippen molar-refractivity contribution in [3.63, 3.8) is 0 Å². The molecule has 0 aliphatic rings. The summed E-state index contributed by atoms with van der Waals surface area (Å²) in [6, 6.07) is 9.24. The normalized spacial score (nSPS) is 12.3. The lowest BCUT2D eigenvalue weighted by molar-refractivity contribution is 0.0340. The molecule has 1 N–H and O–H groups in total. The van der Waals surface area contributed by atoms with Gasteiger partial charge in [-0.3, -0.25) is 0 Å². The van der Waals surface area contributed by atoms with Gasteiger partial charge >= 0.3 is 5.97 Å². The number of halogens is 2. The number of carbonyl (C=O) groups excluding carboxylic acids is 1. The number of H-pyrrole nitrogens is 1. The third-order valence-corrected chi connectivity index (χ3v) is 3.55. The molecule has 3 rings (SSSR count). The molecule has 0 fully saturated rings. The Labute approximate surface area is 130 Å². The Morgan fingerprint density at radius 3 is 2.91 bits per heavy atom. The number of nitrogens with one attached hydrogen (secondary N) is 1. The minimum absolute atomic E-state index is 0.0148. The smallest absolute Gasteiger partial charge is 0.341 e. The van der Waals surface area contributed by atoms with E-state index >= 15 is 0 Å². The van der Waals surface area contributed by atoms with Gasteiger partial charge in [0.2, 0.25) is 0 Å². The first-order valence-electron chi connectivity index (χ1n) is 6.51. The average molecular weight is 320 g/mol. The number of rotatable bonds is 3. The molecule has 0 amide bonds. The van der Waals surface area contributed by atoms with E-state index in [0.717, 1.165) is 0 Å². The van der Waals surface area contributed by atoms with Crippen molar-refractivity contribution in [2.45, 2.75) is 13.0 Å². The largest absolute Gasteiger partial charge is 0.454 e. The first-order valence-corrected chi connectivity index (χ1v) is 6.89. The maximum Gasteiger partial charge on any atom is 0.341 e. The van der Waals surface area contributed by atoms with Gasteiger partial charge in [-0.2, -0.15) is 15.4 Å². The van der Waals surface area contributed by atoms with Crippen LogP contribution in [0.15, 0.2) is 36.4 Å². The summed E-state index contributed by atoms with van der Waals surface area (Å²) in [5.74, 6) is -1.05. The molecular formula is C15H11ClFN3O2. The standard InChI is InChI=1S/C15H11ClFN3O2/c1-8(9-5-6-12(17)11(16)7-9)22-15(21)10-3-2-4-13-14(10)19-20-18-13/h2-8H,1H3,(H,18,19,20). The molecule has 22 heavy (non-hydrogen) atoms. The number of nitrogens with zero attached hydrogens (tertiary/aromatic N) is 2. The molecule has 1 aromatic heterocycles. The highest BCUT2D eigenvalue weighted by Crippen LogP contribution is 2.24. The minimum Gasteiger partial charge on any atom is -0.454 e. The van der Waals surface area contributed by atoms with Gasteiger partial charge in [0.05, 0.1) is 10.6 Å². The fourth-order valence-corrected chi connectivity index (χ4v) is 2.28. The van der Waals surface area contributed by atoms with Crippen molar-refractivity contribution in [1.82, 2.24) is 15.4 Å². The Morgan fingerprint density at radius 2 is 2.14 bits per heavy atom. The van der Waals surface area contributed by atoms with Gasteiger partial charge in [0, 0.05) is 0 Å². The lowest BCUT2D eigenvalue weighted by atomic mass is 10.1. The van der Waals surface area contributed by atoms with E-state index in [9.17, 15) is 9.18 Å². The molecule has 0 aliphatic heterocycles. The van der Waals surface area contributed by atoms with E-state index < -0.39 is 17.9 Å². The first-order chi connectivity index (χ1) is 10.6. The molecule has 0 aliphatic carbocycles. The van der Waals surface area contributed by atoms with E-state index in [0.29, 0.717) is 22.2 Å². The lowest BCUT2D eigenvalue weighted by Gasteiger charge is -2.14. The van der Waals surface area contributed by atoms with Crippen LogP contribution < -0.4 is 0 Å². The topological polar surface area (TPSA) is 67.9 Å². The van der Waals surface area contributed by atoms with Crippen molar-refractivity contribution < 1.29 is 13.9 Å². The van der Waals surface area contributed by atoms with Crippen LogP contribution in [0.3, 0.4) is 0 Å². The van der Waals surface area contributed by atoms with Crippen LogP contribution in [0.4, 0.5) is 4.39 Å². The summed E-state index contributed by atoms with van der Waals surface area (Å²) in [5.41, 5.74) is 1.93. The van der Waals surface area contributed by atoms with Crippen LogP contribution >= 0.6 is 11.6 Å². The molecule has 3 aromatic rings. The summed E-state index contributed by atoms with van der Waals surface area (Å²) in [6.07, 6.45) is -0.576. The second kappa shape index (κ2) is 5.73. The molecule has 5 nitrogen and oxygen atoms in total. The Balaban J connectivity index is 1.84. The maximum atomic E-state index is 13.2. The van der Waals surface area contributed by atoms with E-state index in [1.807, 2.05) is 0 Å². The lowest BCUT2D eigenvalue weighted by Crippen LogP contribution is -2.10. The zero-order chi connectivity index (χ0) is 15.7. The number of benzene rings is 2. The van der Waals surface area contributed by atoms with E-state index in [1.54, 1.807) is 25.1 Å². The summed E-state index contributed by atoms with van der Waals surface area (Å²) in [6.45, 7) is 1.68. The summed E-state index contributed by atoms with van der Waals surface area (Å²) in [7, 11) is 0. The van der Waals surface area contributed by atoms with Crippen molar-refractivity contribution in [3.05, 3.63) is 58.4 Å². The Morgan fingerprint density at radius 1 is 1.32 bits per heavy atom. The third-order valence-electron chi connectivity index (χ3n) is 3.26. The monoisotopic (exact) mass is 319 g/mol. The fourth-order valence-electron chi connectivity index (χ4n) is 2.09. The van der Waals surface area contributed by atoms with Crippen LogP contribution in [0.5, 0.6) is 0 Å². The SMILES string of the molecule is CC(OC(=O)c1cccc2n[nH]nc12)c1ccc(F)c(Cl)c1. The van der Waals surface area contributed by atoms with Gasteiger partial charge in [0.1, 0.15) is 23.0 Å². The van der Waals surface area contributed by atoms with E-state index in [1.165, 1.54) is 18.2 Å². The van der Waals surface area contributed by atoms with E-state index in [-0.39, 0.29) is 5.02 Å². The number of ether oxygens (including phenoxy) is 1. The molecule has 0 saturated heterocycles. The number of aromatic nitrogens is 3. The van der Waals surface area contributed by atoms with Gasteiger partial charge in [0.15, 0.2) is 0 Å². The van der Waals surface area contributed by atoms with Crippen molar-refractivity contribution in [3.8, 4) is 0 Å². The number of fused-ring (bicyclic) bond motifs is 1. The van der Waals surface area contributed by atoms with Gasteiger partial charge in [-0.15, -0.1) is 0 Å². The van der Waals surface area contributed by atoms with Crippen LogP contribution in [0.2, 0.25) is 5.02 Å². The van der Waals surface area contributed by atoms with Crippen molar-refractivity contribution in [2.24, 2.45) is 0 Å². The second-order valence-electron chi connectivity index (χ2n) is 4.72. The fraction of sp³-hybridized carbons (Fsp3) is 0.133. The van der Waals surface area contributed by atoms with Crippen LogP contribution in [0.1, 0.15) is 28.9 Å². The Bertz CT molecular complexity index is 850. The number of hydrogen-bond donors (Lipinski definition) is 1. The molecule has 7 heteroatoms. The zero-order valence-electron chi connectivity index (χ0n) is 11.5. The van der Waals surface area contributed by atoms with Gasteiger partial charge in [0.25, 0.3) is 0 Å². The highest BCUT2D eigenvalue weighted by Gasteiger charge is 2.18. The molecule has 2 aromatic carbocycles. The highest BCUT2D eigenvalue weighted by molar-refractivity contribution is 6.30.